The summed E-state index contributed by atoms with van der Waals surface area (Å²) in [5.41, 5.74) is 1.72. The number of halogens is 1. The van der Waals surface area contributed by atoms with Crippen LogP contribution in [0.2, 0.25) is 5.02 Å². The molecule has 1 N–H and O–H groups in total. The summed E-state index contributed by atoms with van der Waals surface area (Å²) in [6.45, 7) is 0. The van der Waals surface area contributed by atoms with E-state index in [-0.39, 0.29) is 5.91 Å². The third-order valence-electron chi connectivity index (χ3n) is 2.48. The van der Waals surface area contributed by atoms with Gasteiger partial charge in [-0.15, -0.1) is 0 Å². The van der Waals surface area contributed by atoms with E-state index in [0.29, 0.717) is 33.1 Å². The highest BCUT2D eigenvalue weighted by Crippen LogP contribution is 2.15. The second kappa shape index (κ2) is 6.31. The number of carbonyl (C=O) groups is 1. The Bertz CT molecular complexity index is 649. The molecule has 0 aliphatic heterocycles. The Morgan fingerprint density at radius 2 is 1.79 bits per heavy atom. The van der Waals surface area contributed by atoms with Crippen LogP contribution in [0.25, 0.3) is 0 Å². The van der Waals surface area contributed by atoms with E-state index in [1.807, 2.05) is 0 Å². The zero-order valence-corrected chi connectivity index (χ0v) is 11.4. The molecule has 1 amide bonds. The summed E-state index contributed by atoms with van der Waals surface area (Å²) in [5.74, 6) is -0.261. The van der Waals surface area contributed by atoms with Gasteiger partial charge in [0.05, 0.1) is 11.3 Å². The first-order valence-electron chi connectivity index (χ1n) is 5.48. The fourth-order valence-corrected chi connectivity index (χ4v) is 2.03. The Kier molecular flexibility index (Phi) is 4.49. The summed E-state index contributed by atoms with van der Waals surface area (Å²) in [6.07, 6.45) is 0. The molecule has 0 aliphatic rings. The minimum Gasteiger partial charge on any atom is -0.322 e. The summed E-state index contributed by atoms with van der Waals surface area (Å²) >= 11 is 6.10. The highest BCUT2D eigenvalue weighted by molar-refractivity contribution is 7.65. The second-order valence-corrected chi connectivity index (χ2v) is 4.63. The number of benzene rings is 2. The normalized spacial score (nSPS) is 9.74. The number of hydrogen-bond donors (Lipinski definition) is 1. The molecule has 0 aliphatic carbocycles. The molecule has 19 heavy (non-hydrogen) atoms. The monoisotopic (exact) mass is 291 g/mol. The van der Waals surface area contributed by atoms with Crippen molar-refractivity contribution in [2.45, 2.75) is 0 Å². The van der Waals surface area contributed by atoms with Crippen LogP contribution in [0.4, 0.5) is 5.69 Å². The number of amides is 1. The molecule has 0 unspecified atom stereocenters. The lowest BCUT2D eigenvalue weighted by molar-refractivity contribution is 0.102. The molecule has 2 aromatic rings. The molecule has 2 rings (SSSR count). The van der Waals surface area contributed by atoms with Gasteiger partial charge in [-0.25, -0.2) is 4.21 Å². The number of carbonyl (C=O) groups excluding carboxylic acids is 1. The average Bonchev–Trinajstić information content (AvgIpc) is 2.42. The van der Waals surface area contributed by atoms with Crippen molar-refractivity contribution in [3.63, 3.8) is 0 Å². The Morgan fingerprint density at radius 1 is 1.11 bits per heavy atom. The van der Waals surface area contributed by atoms with Crippen molar-refractivity contribution in [2.24, 2.45) is 0 Å². The van der Waals surface area contributed by atoms with Gasteiger partial charge in [0.15, 0.2) is 0 Å². The fraction of sp³-hybridized carbons (Fsp3) is 0. The Labute approximate surface area is 119 Å². The first kappa shape index (κ1) is 13.5. The lowest BCUT2D eigenvalue weighted by Crippen LogP contribution is -2.14. The van der Waals surface area contributed by atoms with Crippen LogP contribution in [0.1, 0.15) is 15.9 Å². The SMILES string of the molecule is O=S=Cc1ccccc1C(=O)Nc1ccc(Cl)cc1. The summed E-state index contributed by atoms with van der Waals surface area (Å²) < 4.78 is 10.6. The lowest BCUT2D eigenvalue weighted by Gasteiger charge is -2.07. The molecule has 0 atom stereocenters. The molecule has 96 valence electrons. The van der Waals surface area contributed by atoms with Crippen LogP contribution < -0.4 is 5.32 Å². The van der Waals surface area contributed by atoms with Gasteiger partial charge in [-0.3, -0.25) is 4.79 Å². The minimum absolute atomic E-state index is 0.261. The molecular weight excluding hydrogens is 282 g/mol. The van der Waals surface area contributed by atoms with Crippen LogP contribution in [0.5, 0.6) is 0 Å². The van der Waals surface area contributed by atoms with Crippen molar-refractivity contribution >= 4 is 39.8 Å². The predicted octanol–water partition coefficient (Wildman–Crippen LogP) is 2.96. The summed E-state index contributed by atoms with van der Waals surface area (Å²) in [4.78, 5) is 12.1. The summed E-state index contributed by atoms with van der Waals surface area (Å²) in [6, 6.07) is 13.8. The van der Waals surface area contributed by atoms with E-state index >= 15 is 0 Å². The van der Waals surface area contributed by atoms with Crippen molar-refractivity contribution in [3.8, 4) is 0 Å². The van der Waals surface area contributed by atoms with Crippen molar-refractivity contribution in [1.82, 2.24) is 0 Å². The Morgan fingerprint density at radius 3 is 2.47 bits per heavy atom. The maximum atomic E-state index is 12.1. The smallest absolute Gasteiger partial charge is 0.256 e. The van der Waals surface area contributed by atoms with Crippen molar-refractivity contribution in [1.29, 1.82) is 0 Å². The van der Waals surface area contributed by atoms with Gasteiger partial charge in [0, 0.05) is 27.2 Å². The molecule has 0 bridgehead atoms. The van der Waals surface area contributed by atoms with Crippen LogP contribution in [0.3, 0.4) is 0 Å². The first-order chi connectivity index (χ1) is 9.20. The summed E-state index contributed by atoms with van der Waals surface area (Å²) in [7, 11) is 0. The molecule has 0 aromatic heterocycles. The maximum absolute atomic E-state index is 12.1. The van der Waals surface area contributed by atoms with Crippen LogP contribution in [-0.2, 0) is 11.3 Å². The minimum atomic E-state index is -0.261. The number of rotatable bonds is 3. The second-order valence-electron chi connectivity index (χ2n) is 3.76. The Balaban J connectivity index is 2.25. The number of hydrogen-bond acceptors (Lipinski definition) is 2. The van der Waals surface area contributed by atoms with Crippen LogP contribution in [0, 0.1) is 0 Å². The maximum Gasteiger partial charge on any atom is 0.256 e. The number of nitrogens with one attached hydrogen (secondary N) is 1. The average molecular weight is 292 g/mol. The largest absolute Gasteiger partial charge is 0.322 e. The molecule has 3 nitrogen and oxygen atoms in total. The quantitative estimate of drug-likeness (QED) is 0.884. The molecule has 0 spiro atoms. The van der Waals surface area contributed by atoms with Crippen molar-refractivity contribution in [2.75, 3.05) is 5.32 Å². The zero-order valence-electron chi connectivity index (χ0n) is 9.80. The third kappa shape index (κ3) is 3.53. The van der Waals surface area contributed by atoms with Crippen LogP contribution in [-0.4, -0.2) is 15.5 Å². The topological polar surface area (TPSA) is 46.2 Å². The molecule has 0 saturated heterocycles. The van der Waals surface area contributed by atoms with Crippen molar-refractivity contribution < 1.29 is 9.00 Å². The highest BCUT2D eigenvalue weighted by atomic mass is 35.5. The van der Waals surface area contributed by atoms with Gasteiger partial charge in [-0.2, -0.15) is 0 Å². The van der Waals surface area contributed by atoms with E-state index in [0.717, 1.165) is 0 Å². The molecule has 0 fully saturated rings. The van der Waals surface area contributed by atoms with Gasteiger partial charge < -0.3 is 5.32 Å². The molecular formula is C14H10ClNO2S. The van der Waals surface area contributed by atoms with Gasteiger partial charge in [-0.05, 0) is 30.3 Å². The molecule has 2 aromatic carbocycles. The van der Waals surface area contributed by atoms with Gasteiger partial charge in [-0.1, -0.05) is 29.8 Å². The Hall–Kier alpha value is -1.91. The fourth-order valence-electron chi connectivity index (χ4n) is 1.59. The van der Waals surface area contributed by atoms with Crippen LogP contribution in [0.15, 0.2) is 48.5 Å². The molecule has 0 heterocycles. The van der Waals surface area contributed by atoms with E-state index in [4.69, 9.17) is 11.6 Å². The predicted molar refractivity (Wildman–Crippen MR) is 79.2 cm³/mol. The van der Waals surface area contributed by atoms with E-state index in [1.54, 1.807) is 48.5 Å². The van der Waals surface area contributed by atoms with E-state index < -0.39 is 0 Å². The van der Waals surface area contributed by atoms with Gasteiger partial charge >= 0.3 is 0 Å². The molecule has 0 radical (unpaired) electrons. The van der Waals surface area contributed by atoms with Crippen molar-refractivity contribution in [3.05, 3.63) is 64.7 Å². The molecule has 5 heteroatoms. The summed E-state index contributed by atoms with van der Waals surface area (Å²) in [5, 5.41) is 4.76. The van der Waals surface area contributed by atoms with Crippen LogP contribution >= 0.6 is 11.6 Å². The van der Waals surface area contributed by atoms with E-state index in [9.17, 15) is 9.00 Å². The zero-order chi connectivity index (χ0) is 13.7. The standard InChI is InChI=1S/C14H10ClNO2S/c15-11-5-7-12(8-6-11)16-14(17)13-4-2-1-3-10(13)9-19-18/h1-9H,(H,16,17). The molecule has 0 saturated carbocycles. The van der Waals surface area contributed by atoms with Gasteiger partial charge in [0.2, 0.25) is 0 Å². The van der Waals surface area contributed by atoms with Gasteiger partial charge in [0.25, 0.3) is 5.91 Å². The number of anilines is 1. The van der Waals surface area contributed by atoms with E-state index in [2.05, 4.69) is 5.32 Å². The van der Waals surface area contributed by atoms with Gasteiger partial charge in [0.1, 0.15) is 0 Å². The third-order valence-corrected chi connectivity index (χ3v) is 3.08. The van der Waals surface area contributed by atoms with E-state index in [1.165, 1.54) is 5.37 Å². The highest BCUT2D eigenvalue weighted by Gasteiger charge is 2.09. The lowest BCUT2D eigenvalue weighted by atomic mass is 10.1. The first-order valence-corrected chi connectivity index (χ1v) is 6.67.